The third kappa shape index (κ3) is 2.54. The summed E-state index contributed by atoms with van der Waals surface area (Å²) in [4.78, 5) is 1.27. The molecule has 0 aliphatic heterocycles. The van der Waals surface area contributed by atoms with Gasteiger partial charge < -0.3 is 5.32 Å². The Hall–Kier alpha value is -0.430. The van der Waals surface area contributed by atoms with E-state index in [1.165, 1.54) is 11.3 Å². The van der Waals surface area contributed by atoms with Crippen LogP contribution in [0.25, 0.3) is 0 Å². The molecule has 2 N–H and O–H groups in total. The highest BCUT2D eigenvalue weighted by molar-refractivity contribution is 7.89. The summed E-state index contributed by atoms with van der Waals surface area (Å²) >= 11 is 1.47. The predicted octanol–water partition coefficient (Wildman–Crippen LogP) is 2.43. The lowest BCUT2D eigenvalue weighted by Gasteiger charge is -2.08. The first kappa shape index (κ1) is 15.9. The van der Waals surface area contributed by atoms with Gasteiger partial charge >= 0.3 is 0 Å². The number of thiophene rings is 1. The van der Waals surface area contributed by atoms with E-state index in [1.54, 1.807) is 6.07 Å². The Morgan fingerprint density at radius 1 is 1.25 bits per heavy atom. The Labute approximate surface area is 126 Å². The van der Waals surface area contributed by atoms with E-state index >= 15 is 0 Å². The van der Waals surface area contributed by atoms with Gasteiger partial charge in [0.1, 0.15) is 0 Å². The molecule has 0 spiro atoms. The molecule has 0 bridgehead atoms. The lowest BCUT2D eigenvalue weighted by molar-refractivity contribution is 0.457. The van der Waals surface area contributed by atoms with Gasteiger partial charge in [0.15, 0.2) is 0 Å². The minimum absolute atomic E-state index is 0.192. The summed E-state index contributed by atoms with van der Waals surface area (Å²) in [7, 11) is -1.59. The van der Waals surface area contributed by atoms with Gasteiger partial charge in [0, 0.05) is 18.0 Å². The van der Waals surface area contributed by atoms with Crippen molar-refractivity contribution < 1.29 is 8.42 Å². The summed E-state index contributed by atoms with van der Waals surface area (Å²) < 4.78 is 27.6. The molecule has 0 radical (unpaired) electrons. The fraction of sp³-hybridized carbons (Fsp3) is 0.714. The standard InChI is InChI=1S/C14H24N2O2S2/c1-13(2)12(14(13,3)4)9-16-20(17,18)11-6-7-19-10(11)8-15-5/h6-7,12,15-16H,8-9H2,1-5H3. The first-order chi connectivity index (χ1) is 9.14. The average molecular weight is 316 g/mol. The van der Waals surface area contributed by atoms with Gasteiger partial charge in [-0.1, -0.05) is 27.7 Å². The maximum absolute atomic E-state index is 12.4. The van der Waals surface area contributed by atoms with Gasteiger partial charge in [0.2, 0.25) is 10.0 Å². The molecule has 1 aromatic heterocycles. The topological polar surface area (TPSA) is 58.2 Å². The van der Waals surface area contributed by atoms with Crippen LogP contribution in [-0.4, -0.2) is 22.0 Å². The van der Waals surface area contributed by atoms with Gasteiger partial charge in [-0.2, -0.15) is 0 Å². The molecule has 2 rings (SSSR count). The molecular formula is C14H24N2O2S2. The summed E-state index contributed by atoms with van der Waals surface area (Å²) in [5.41, 5.74) is 0.385. The molecule has 1 fully saturated rings. The molecule has 1 aliphatic carbocycles. The molecule has 0 amide bonds. The van der Waals surface area contributed by atoms with Crippen LogP contribution in [0.2, 0.25) is 0 Å². The lowest BCUT2D eigenvalue weighted by atomic mass is 10.0. The second-order valence-corrected chi connectivity index (χ2v) is 9.32. The minimum Gasteiger partial charge on any atom is -0.315 e. The lowest BCUT2D eigenvalue weighted by Crippen LogP contribution is -2.28. The maximum atomic E-state index is 12.4. The molecule has 1 heterocycles. The molecule has 1 saturated carbocycles. The van der Waals surface area contributed by atoms with Gasteiger partial charge in [0.05, 0.1) is 4.90 Å². The van der Waals surface area contributed by atoms with E-state index < -0.39 is 10.0 Å². The molecule has 0 aromatic carbocycles. The fourth-order valence-electron chi connectivity index (χ4n) is 2.97. The van der Waals surface area contributed by atoms with Crippen LogP contribution in [0.1, 0.15) is 32.6 Å². The zero-order valence-corrected chi connectivity index (χ0v) is 14.4. The first-order valence-corrected chi connectivity index (χ1v) is 9.21. The smallest absolute Gasteiger partial charge is 0.241 e. The molecule has 114 valence electrons. The molecule has 20 heavy (non-hydrogen) atoms. The van der Waals surface area contributed by atoms with E-state index in [9.17, 15) is 8.42 Å². The van der Waals surface area contributed by atoms with Crippen molar-refractivity contribution in [2.75, 3.05) is 13.6 Å². The summed E-state index contributed by atoms with van der Waals surface area (Å²) in [6, 6.07) is 1.68. The SMILES string of the molecule is CNCc1sccc1S(=O)(=O)NCC1C(C)(C)C1(C)C. The highest BCUT2D eigenvalue weighted by Crippen LogP contribution is 2.67. The summed E-state index contributed by atoms with van der Waals surface area (Å²) in [5.74, 6) is 0.385. The minimum atomic E-state index is -3.40. The van der Waals surface area contributed by atoms with Gasteiger partial charge in [-0.25, -0.2) is 13.1 Å². The third-order valence-corrected chi connectivity index (χ3v) is 7.69. The first-order valence-electron chi connectivity index (χ1n) is 6.85. The Morgan fingerprint density at radius 2 is 1.85 bits per heavy atom. The second kappa shape index (κ2) is 5.09. The van der Waals surface area contributed by atoms with Crippen molar-refractivity contribution in [3.8, 4) is 0 Å². The van der Waals surface area contributed by atoms with Crippen molar-refractivity contribution in [2.45, 2.75) is 39.1 Å². The molecule has 4 nitrogen and oxygen atoms in total. The van der Waals surface area contributed by atoms with E-state index in [4.69, 9.17) is 0 Å². The maximum Gasteiger partial charge on any atom is 0.241 e. The monoisotopic (exact) mass is 316 g/mol. The third-order valence-electron chi connectivity index (χ3n) is 5.13. The van der Waals surface area contributed by atoms with Crippen molar-refractivity contribution >= 4 is 21.4 Å². The Morgan fingerprint density at radius 3 is 2.35 bits per heavy atom. The van der Waals surface area contributed by atoms with Crippen LogP contribution in [0.15, 0.2) is 16.3 Å². The van der Waals surface area contributed by atoms with E-state index in [0.29, 0.717) is 23.9 Å². The average Bonchev–Trinajstić information content (AvgIpc) is 2.71. The molecule has 6 heteroatoms. The van der Waals surface area contributed by atoms with E-state index in [2.05, 4.69) is 37.7 Å². The number of sulfonamides is 1. The molecule has 1 aromatic rings. The number of hydrogen-bond donors (Lipinski definition) is 2. The van der Waals surface area contributed by atoms with Crippen LogP contribution < -0.4 is 10.0 Å². The zero-order valence-electron chi connectivity index (χ0n) is 12.8. The van der Waals surface area contributed by atoms with Crippen molar-refractivity contribution in [1.82, 2.24) is 10.0 Å². The Balaban J connectivity index is 2.08. The predicted molar refractivity (Wildman–Crippen MR) is 83.3 cm³/mol. The van der Waals surface area contributed by atoms with Crippen LogP contribution in [0, 0.1) is 16.7 Å². The highest BCUT2D eigenvalue weighted by atomic mass is 32.2. The van der Waals surface area contributed by atoms with Crippen LogP contribution >= 0.6 is 11.3 Å². The zero-order chi connectivity index (χ0) is 15.2. The van der Waals surface area contributed by atoms with Gasteiger partial charge in [-0.15, -0.1) is 11.3 Å². The molecular weight excluding hydrogens is 292 g/mol. The van der Waals surface area contributed by atoms with Crippen molar-refractivity contribution in [3.63, 3.8) is 0 Å². The number of nitrogens with one attached hydrogen (secondary N) is 2. The molecule has 1 aliphatic rings. The molecule has 0 saturated heterocycles. The quantitative estimate of drug-likeness (QED) is 0.847. The highest BCUT2D eigenvalue weighted by Gasteiger charge is 2.64. The van der Waals surface area contributed by atoms with Crippen LogP contribution in [0.4, 0.5) is 0 Å². The molecule has 0 unspecified atom stereocenters. The number of hydrogen-bond acceptors (Lipinski definition) is 4. The summed E-state index contributed by atoms with van der Waals surface area (Å²) in [6.45, 7) is 9.88. The Bertz CT molecular complexity index is 574. The summed E-state index contributed by atoms with van der Waals surface area (Å²) in [5, 5.41) is 4.83. The van der Waals surface area contributed by atoms with Gasteiger partial charge in [-0.05, 0) is 35.2 Å². The summed E-state index contributed by atoms with van der Waals surface area (Å²) in [6.07, 6.45) is 0. The van der Waals surface area contributed by atoms with E-state index in [0.717, 1.165) is 4.88 Å². The van der Waals surface area contributed by atoms with Crippen molar-refractivity contribution in [1.29, 1.82) is 0 Å². The van der Waals surface area contributed by atoms with Crippen molar-refractivity contribution in [2.24, 2.45) is 16.7 Å². The number of rotatable bonds is 6. The van der Waals surface area contributed by atoms with Crippen LogP contribution in [-0.2, 0) is 16.6 Å². The van der Waals surface area contributed by atoms with E-state index in [1.807, 2.05) is 12.4 Å². The van der Waals surface area contributed by atoms with Gasteiger partial charge in [0.25, 0.3) is 0 Å². The van der Waals surface area contributed by atoms with Gasteiger partial charge in [-0.3, -0.25) is 0 Å². The Kier molecular flexibility index (Phi) is 4.06. The van der Waals surface area contributed by atoms with Crippen LogP contribution in [0.3, 0.4) is 0 Å². The van der Waals surface area contributed by atoms with E-state index in [-0.39, 0.29) is 10.8 Å². The normalized spacial score (nSPS) is 21.1. The van der Waals surface area contributed by atoms with Crippen molar-refractivity contribution in [3.05, 3.63) is 16.3 Å². The molecule has 0 atom stereocenters. The fourth-order valence-corrected chi connectivity index (χ4v) is 5.47. The second-order valence-electron chi connectivity index (χ2n) is 6.59. The van der Waals surface area contributed by atoms with Crippen LogP contribution in [0.5, 0.6) is 0 Å². The largest absolute Gasteiger partial charge is 0.315 e.